The minimum Gasteiger partial charge on any atom is -0.394 e. The van der Waals surface area contributed by atoms with Crippen molar-refractivity contribution >= 4 is 29.3 Å². The molecule has 2 aromatic heterocycles. The molecular formula is C22H24N8O3. The number of hydrogen-bond donors (Lipinski definition) is 6. The van der Waals surface area contributed by atoms with Crippen LogP contribution in [-0.2, 0) is 5.54 Å². The quantitative estimate of drug-likeness (QED) is 0.177. The van der Waals surface area contributed by atoms with Crippen LogP contribution in [0.5, 0.6) is 0 Å². The maximum absolute atomic E-state index is 12.3. The summed E-state index contributed by atoms with van der Waals surface area (Å²) in [5, 5.41) is 19.0. The van der Waals surface area contributed by atoms with E-state index in [1.54, 1.807) is 36.7 Å². The Balaban J connectivity index is 1.65. The third-order valence-electron chi connectivity index (χ3n) is 5.39. The summed E-state index contributed by atoms with van der Waals surface area (Å²) in [5.41, 5.74) is 4.59. The van der Waals surface area contributed by atoms with Crippen molar-refractivity contribution in [2.45, 2.75) is 25.4 Å². The number of pyridine rings is 1. The van der Waals surface area contributed by atoms with E-state index in [1.165, 1.54) is 6.20 Å². The molecule has 7 N–H and O–H groups in total. The largest absolute Gasteiger partial charge is 0.394 e. The van der Waals surface area contributed by atoms with Crippen LogP contribution in [0.2, 0.25) is 0 Å². The molecular weight excluding hydrogens is 424 g/mol. The van der Waals surface area contributed by atoms with E-state index in [9.17, 15) is 14.7 Å². The topological polar surface area (TPSA) is 167 Å². The lowest BCUT2D eigenvalue weighted by atomic mass is 9.94. The highest BCUT2D eigenvalue weighted by Gasteiger charge is 2.35. The molecule has 11 heteroatoms. The number of fused-ring (bicyclic) bond motifs is 1. The summed E-state index contributed by atoms with van der Waals surface area (Å²) in [7, 11) is 0. The highest BCUT2D eigenvalue weighted by molar-refractivity contribution is 6.00. The number of nitrogens with two attached hydrogens (primary N) is 1. The molecule has 0 aliphatic carbocycles. The second-order valence-corrected chi connectivity index (χ2v) is 8.05. The second kappa shape index (κ2) is 8.81. The van der Waals surface area contributed by atoms with Crippen molar-refractivity contribution in [3.8, 4) is 0 Å². The summed E-state index contributed by atoms with van der Waals surface area (Å²) in [6.07, 6.45) is 4.55. The maximum atomic E-state index is 12.3. The number of benzene rings is 1. The van der Waals surface area contributed by atoms with Crippen LogP contribution >= 0.6 is 0 Å². The number of amides is 2. The van der Waals surface area contributed by atoms with Crippen molar-refractivity contribution in [2.75, 3.05) is 17.2 Å². The molecule has 0 fully saturated rings. The number of rotatable bonds is 7. The zero-order chi connectivity index (χ0) is 23.6. The average Bonchev–Trinajstić information content (AvgIpc) is 3.05. The molecule has 0 saturated heterocycles. The highest BCUT2D eigenvalue weighted by atomic mass is 16.3. The molecule has 33 heavy (non-hydrogen) atoms. The number of aromatic nitrogens is 3. The summed E-state index contributed by atoms with van der Waals surface area (Å²) >= 11 is 0. The van der Waals surface area contributed by atoms with Crippen LogP contribution in [0.25, 0.3) is 0 Å². The van der Waals surface area contributed by atoms with Gasteiger partial charge in [0.15, 0.2) is 0 Å². The lowest BCUT2D eigenvalue weighted by Gasteiger charge is -2.20. The molecule has 1 atom stereocenters. The number of anilines is 3. The molecule has 0 bridgehead atoms. The first-order valence-electron chi connectivity index (χ1n) is 10.2. The minimum atomic E-state index is -0.584. The van der Waals surface area contributed by atoms with Gasteiger partial charge < -0.3 is 21.1 Å². The van der Waals surface area contributed by atoms with Crippen LogP contribution in [0.15, 0.2) is 48.9 Å². The third-order valence-corrected chi connectivity index (χ3v) is 5.39. The van der Waals surface area contributed by atoms with E-state index in [2.05, 4.69) is 36.3 Å². The number of nitrogens with zero attached hydrogens (tertiary/aromatic N) is 3. The Labute approximate surface area is 189 Å². The van der Waals surface area contributed by atoms with Gasteiger partial charge in [-0.05, 0) is 55.3 Å². The van der Waals surface area contributed by atoms with E-state index in [0.29, 0.717) is 11.3 Å². The van der Waals surface area contributed by atoms with Gasteiger partial charge in [0, 0.05) is 29.8 Å². The predicted molar refractivity (Wildman–Crippen MR) is 122 cm³/mol. The van der Waals surface area contributed by atoms with E-state index in [0.717, 1.165) is 11.1 Å². The van der Waals surface area contributed by atoms with E-state index < -0.39 is 17.5 Å². The van der Waals surface area contributed by atoms with E-state index in [1.807, 2.05) is 19.9 Å². The average molecular weight is 448 g/mol. The summed E-state index contributed by atoms with van der Waals surface area (Å²) in [4.78, 5) is 37.0. The number of hydrogen-bond acceptors (Lipinski definition) is 9. The molecule has 3 heterocycles. The molecule has 0 unspecified atom stereocenters. The van der Waals surface area contributed by atoms with Crippen molar-refractivity contribution in [2.24, 2.45) is 5.84 Å². The van der Waals surface area contributed by atoms with Gasteiger partial charge in [-0.3, -0.25) is 20.0 Å². The number of carbonyl (C=O) groups is 2. The fourth-order valence-electron chi connectivity index (χ4n) is 3.68. The molecule has 2 amide bonds. The maximum Gasteiger partial charge on any atom is 0.270 e. The molecule has 1 aromatic carbocycles. The number of hydrazine groups is 1. The van der Waals surface area contributed by atoms with Gasteiger partial charge in [-0.25, -0.2) is 10.8 Å². The Morgan fingerprint density at radius 3 is 2.70 bits per heavy atom. The summed E-state index contributed by atoms with van der Waals surface area (Å²) in [6.45, 7) is 3.60. The van der Waals surface area contributed by atoms with Gasteiger partial charge in [0.2, 0.25) is 5.95 Å². The Morgan fingerprint density at radius 1 is 1.24 bits per heavy atom. The first-order chi connectivity index (χ1) is 15.8. The molecule has 3 aromatic rings. The second-order valence-electron chi connectivity index (χ2n) is 8.05. The molecule has 1 aliphatic rings. The zero-order valence-electron chi connectivity index (χ0n) is 18.1. The number of aliphatic hydroxyl groups excluding tert-OH is 1. The zero-order valence-corrected chi connectivity index (χ0v) is 18.1. The third kappa shape index (κ3) is 4.45. The number of aliphatic hydroxyl groups is 1. The predicted octanol–water partition coefficient (Wildman–Crippen LogP) is 1.34. The number of carbonyl (C=O) groups excluding carboxylic acids is 2. The van der Waals surface area contributed by atoms with E-state index in [4.69, 9.17) is 5.84 Å². The molecule has 0 radical (unpaired) electrons. The lowest BCUT2D eigenvalue weighted by molar-refractivity contribution is 0.0936. The normalized spacial score (nSPS) is 14.7. The lowest BCUT2D eigenvalue weighted by Crippen LogP contribution is -2.32. The van der Waals surface area contributed by atoms with Crippen LogP contribution < -0.4 is 27.2 Å². The fourth-order valence-corrected chi connectivity index (χ4v) is 3.68. The van der Waals surface area contributed by atoms with Gasteiger partial charge >= 0.3 is 0 Å². The Hall–Kier alpha value is -4.09. The van der Waals surface area contributed by atoms with Crippen molar-refractivity contribution in [3.63, 3.8) is 0 Å². The van der Waals surface area contributed by atoms with Crippen molar-refractivity contribution in [1.82, 2.24) is 25.7 Å². The van der Waals surface area contributed by atoms with E-state index >= 15 is 0 Å². The van der Waals surface area contributed by atoms with Crippen molar-refractivity contribution in [3.05, 3.63) is 71.2 Å². The standard InChI is InChI=1S/C22H24N8O3/c1-22(2)16-9-13(3-4-14(16)19(32)29-22)26-21-25-10-15(20(33)30-23)18(28-21)27-17(11-31)12-5-7-24-8-6-12/h3-10,17,31H,11,23H2,1-2H3,(H,29,32)(H,30,33)(H2,25,26,27,28)/t17-/m1/s1. The van der Waals surface area contributed by atoms with Crippen molar-refractivity contribution < 1.29 is 14.7 Å². The number of nitrogen functional groups attached to an aromatic ring is 1. The van der Waals surface area contributed by atoms with Gasteiger partial charge in [-0.15, -0.1) is 0 Å². The van der Waals surface area contributed by atoms with Gasteiger partial charge in [0.05, 0.1) is 18.2 Å². The molecule has 1 aliphatic heterocycles. The number of nitrogens with one attached hydrogen (secondary N) is 4. The molecule has 11 nitrogen and oxygen atoms in total. The van der Waals surface area contributed by atoms with Crippen LogP contribution in [-0.4, -0.2) is 38.5 Å². The minimum absolute atomic E-state index is 0.112. The SMILES string of the molecule is CC1(C)NC(=O)c2ccc(Nc3ncc(C(=O)NN)c(N[C@H](CO)c4ccncc4)n3)cc21. The Bertz CT molecular complexity index is 1200. The molecule has 0 spiro atoms. The van der Waals surface area contributed by atoms with Gasteiger partial charge in [0.1, 0.15) is 11.4 Å². The fraction of sp³-hybridized carbons (Fsp3) is 0.227. The van der Waals surface area contributed by atoms with Crippen LogP contribution in [0.1, 0.15) is 51.7 Å². The van der Waals surface area contributed by atoms with Crippen LogP contribution in [0.4, 0.5) is 17.5 Å². The summed E-state index contributed by atoms with van der Waals surface area (Å²) < 4.78 is 0. The molecule has 170 valence electrons. The summed E-state index contributed by atoms with van der Waals surface area (Å²) in [6, 6.07) is 8.31. The smallest absolute Gasteiger partial charge is 0.270 e. The van der Waals surface area contributed by atoms with Crippen LogP contribution in [0.3, 0.4) is 0 Å². The van der Waals surface area contributed by atoms with Gasteiger partial charge in [-0.1, -0.05) is 0 Å². The molecule has 4 rings (SSSR count). The van der Waals surface area contributed by atoms with Gasteiger partial charge in [-0.2, -0.15) is 4.98 Å². The van der Waals surface area contributed by atoms with Crippen LogP contribution in [0, 0.1) is 0 Å². The summed E-state index contributed by atoms with van der Waals surface area (Å²) in [5.74, 6) is 5.01. The highest BCUT2D eigenvalue weighted by Crippen LogP contribution is 2.33. The Kier molecular flexibility index (Phi) is 5.90. The van der Waals surface area contributed by atoms with Crippen molar-refractivity contribution in [1.29, 1.82) is 0 Å². The molecule has 0 saturated carbocycles. The van der Waals surface area contributed by atoms with Gasteiger partial charge in [0.25, 0.3) is 11.8 Å². The first-order valence-corrected chi connectivity index (χ1v) is 10.2. The first kappa shape index (κ1) is 22.1. The van der Waals surface area contributed by atoms with E-state index in [-0.39, 0.29) is 29.8 Å². The monoisotopic (exact) mass is 448 g/mol. The Morgan fingerprint density at radius 2 is 2.00 bits per heavy atom.